The number of sulfonamides is 1. The summed E-state index contributed by atoms with van der Waals surface area (Å²) in [4.78, 5) is 29.2. The molecule has 1 atom stereocenters. The van der Waals surface area contributed by atoms with E-state index in [1.54, 1.807) is 55.5 Å². The van der Waals surface area contributed by atoms with E-state index in [2.05, 4.69) is 5.32 Å². The second-order valence-electron chi connectivity index (χ2n) is 10.2. The summed E-state index contributed by atoms with van der Waals surface area (Å²) in [6.45, 7) is 3.17. The molecule has 0 bridgehead atoms. The van der Waals surface area contributed by atoms with Gasteiger partial charge in [0.2, 0.25) is 11.8 Å². The molecule has 0 saturated heterocycles. The fraction of sp³-hybridized carbons (Fsp3) is 0.212. The summed E-state index contributed by atoms with van der Waals surface area (Å²) in [5.41, 5.74) is 3.49. The van der Waals surface area contributed by atoms with Crippen molar-refractivity contribution in [1.29, 1.82) is 0 Å². The second kappa shape index (κ2) is 14.1. The van der Waals surface area contributed by atoms with E-state index in [9.17, 15) is 18.0 Å². The molecule has 0 saturated carbocycles. The van der Waals surface area contributed by atoms with Crippen molar-refractivity contribution in [3.63, 3.8) is 0 Å². The first-order valence-corrected chi connectivity index (χ1v) is 15.8. The molecule has 0 spiro atoms. The summed E-state index contributed by atoms with van der Waals surface area (Å²) in [5, 5.41) is 3.32. The van der Waals surface area contributed by atoms with Crippen LogP contribution >= 0.6 is 23.2 Å². The summed E-state index contributed by atoms with van der Waals surface area (Å²) in [5.74, 6) is -0.948. The maximum Gasteiger partial charge on any atom is 0.264 e. The van der Waals surface area contributed by atoms with Crippen LogP contribution in [-0.2, 0) is 32.6 Å². The second-order valence-corrected chi connectivity index (χ2v) is 12.9. The van der Waals surface area contributed by atoms with Gasteiger partial charge in [0.05, 0.1) is 20.6 Å². The van der Waals surface area contributed by atoms with Crippen LogP contribution in [0.3, 0.4) is 0 Å². The maximum absolute atomic E-state index is 14.4. The molecule has 7 nitrogen and oxygen atoms in total. The van der Waals surface area contributed by atoms with Crippen LogP contribution in [0, 0.1) is 13.8 Å². The lowest BCUT2D eigenvalue weighted by molar-refractivity contribution is -0.139. The number of benzene rings is 4. The monoisotopic (exact) mass is 637 g/mol. The van der Waals surface area contributed by atoms with Crippen molar-refractivity contribution >= 4 is 50.7 Å². The zero-order chi connectivity index (χ0) is 31.1. The van der Waals surface area contributed by atoms with Crippen LogP contribution in [0.2, 0.25) is 10.0 Å². The number of aryl methyl sites for hydroxylation is 2. The van der Waals surface area contributed by atoms with Crippen LogP contribution in [-0.4, -0.2) is 44.8 Å². The smallest absolute Gasteiger partial charge is 0.264 e. The van der Waals surface area contributed by atoms with Crippen molar-refractivity contribution in [3.8, 4) is 0 Å². The molecule has 0 aliphatic carbocycles. The molecule has 0 aliphatic rings. The number of anilines is 1. The molecule has 2 amide bonds. The SMILES string of the molecule is CNC(=O)[C@H](Cc1ccccc1)N(Cc1ccc(Cl)c(Cl)c1)C(=O)CN(c1ccc(C)cc1C)S(=O)(=O)c1ccccc1. The van der Waals surface area contributed by atoms with E-state index in [1.807, 2.05) is 43.3 Å². The largest absolute Gasteiger partial charge is 0.357 e. The highest BCUT2D eigenvalue weighted by molar-refractivity contribution is 7.92. The molecule has 4 aromatic carbocycles. The highest BCUT2D eigenvalue weighted by atomic mass is 35.5. The van der Waals surface area contributed by atoms with Crippen LogP contribution in [0.1, 0.15) is 22.3 Å². The molecule has 1 N–H and O–H groups in total. The number of likely N-dealkylation sites (N-methyl/N-ethyl adjacent to an activating group) is 1. The minimum absolute atomic E-state index is 0.00720. The molecule has 0 fully saturated rings. The van der Waals surface area contributed by atoms with Gasteiger partial charge in [0.1, 0.15) is 12.6 Å². The molecule has 224 valence electrons. The molecule has 4 rings (SSSR count). The van der Waals surface area contributed by atoms with Gasteiger partial charge < -0.3 is 10.2 Å². The Morgan fingerprint density at radius 1 is 0.814 bits per heavy atom. The predicted octanol–water partition coefficient (Wildman–Crippen LogP) is 6.19. The predicted molar refractivity (Wildman–Crippen MR) is 172 cm³/mol. The molecule has 10 heteroatoms. The molecule has 0 aliphatic heterocycles. The number of carbonyl (C=O) groups excluding carboxylic acids is 2. The topological polar surface area (TPSA) is 86.8 Å². The van der Waals surface area contributed by atoms with E-state index in [0.717, 1.165) is 15.4 Å². The van der Waals surface area contributed by atoms with Gasteiger partial charge in [-0.3, -0.25) is 13.9 Å². The summed E-state index contributed by atoms with van der Waals surface area (Å²) in [7, 11) is -2.66. The van der Waals surface area contributed by atoms with Crippen LogP contribution in [0.4, 0.5) is 5.69 Å². The molecule has 0 heterocycles. The quantitative estimate of drug-likeness (QED) is 0.212. The number of rotatable bonds is 11. The van der Waals surface area contributed by atoms with Gasteiger partial charge >= 0.3 is 0 Å². The number of hydrogen-bond donors (Lipinski definition) is 1. The highest BCUT2D eigenvalue weighted by Gasteiger charge is 2.34. The van der Waals surface area contributed by atoms with E-state index in [4.69, 9.17) is 23.2 Å². The molecule has 0 unspecified atom stereocenters. The summed E-state index contributed by atoms with van der Waals surface area (Å²) in [6.07, 6.45) is 0.211. The third kappa shape index (κ3) is 7.76. The normalized spacial score (nSPS) is 11.9. The van der Waals surface area contributed by atoms with Crippen LogP contribution in [0.25, 0.3) is 0 Å². The molecule has 43 heavy (non-hydrogen) atoms. The number of hydrogen-bond acceptors (Lipinski definition) is 4. The van der Waals surface area contributed by atoms with Gasteiger partial charge in [-0.1, -0.05) is 95.5 Å². The van der Waals surface area contributed by atoms with Crippen molar-refractivity contribution in [1.82, 2.24) is 10.2 Å². The highest BCUT2D eigenvalue weighted by Crippen LogP contribution is 2.29. The van der Waals surface area contributed by atoms with Crippen LogP contribution < -0.4 is 9.62 Å². The van der Waals surface area contributed by atoms with Gasteiger partial charge in [-0.25, -0.2) is 8.42 Å². The summed E-state index contributed by atoms with van der Waals surface area (Å²) in [6, 6.07) is 26.7. The van der Waals surface area contributed by atoms with Crippen molar-refractivity contribution in [3.05, 3.63) is 129 Å². The Balaban J connectivity index is 1.82. The molecular weight excluding hydrogens is 605 g/mol. The van der Waals surface area contributed by atoms with Crippen molar-refractivity contribution in [2.75, 3.05) is 17.9 Å². The zero-order valence-corrected chi connectivity index (χ0v) is 26.5. The minimum atomic E-state index is -4.17. The van der Waals surface area contributed by atoms with Gasteiger partial charge in [-0.2, -0.15) is 0 Å². The Bertz CT molecular complexity index is 1700. The van der Waals surface area contributed by atoms with Crippen LogP contribution in [0.15, 0.2) is 102 Å². The average Bonchev–Trinajstić information content (AvgIpc) is 3.00. The number of halogens is 2. The van der Waals surface area contributed by atoms with Gasteiger partial charge in [-0.15, -0.1) is 0 Å². The zero-order valence-electron chi connectivity index (χ0n) is 24.1. The first-order valence-electron chi connectivity index (χ1n) is 13.6. The lowest BCUT2D eigenvalue weighted by Gasteiger charge is -2.34. The minimum Gasteiger partial charge on any atom is -0.357 e. The first kappa shape index (κ1) is 32.1. The van der Waals surface area contributed by atoms with Crippen molar-refractivity contribution < 1.29 is 18.0 Å². The number of nitrogens with zero attached hydrogens (tertiary/aromatic N) is 2. The van der Waals surface area contributed by atoms with E-state index < -0.39 is 28.5 Å². The molecule has 0 aromatic heterocycles. The lowest BCUT2D eigenvalue weighted by atomic mass is 10.0. The lowest BCUT2D eigenvalue weighted by Crippen LogP contribution is -2.53. The molecule has 4 aromatic rings. The number of nitrogens with one attached hydrogen (secondary N) is 1. The first-order chi connectivity index (χ1) is 20.5. The Morgan fingerprint density at radius 3 is 2.07 bits per heavy atom. The summed E-state index contributed by atoms with van der Waals surface area (Å²) < 4.78 is 29.2. The third-order valence-electron chi connectivity index (χ3n) is 7.09. The molecule has 0 radical (unpaired) electrons. The van der Waals surface area contributed by atoms with Gasteiger partial charge in [0.25, 0.3) is 10.0 Å². The average molecular weight is 639 g/mol. The van der Waals surface area contributed by atoms with E-state index in [-0.39, 0.29) is 23.8 Å². The fourth-order valence-electron chi connectivity index (χ4n) is 4.87. The van der Waals surface area contributed by atoms with Gasteiger partial charge in [-0.05, 0) is 60.9 Å². The Hall–Kier alpha value is -3.85. The van der Waals surface area contributed by atoms with Crippen molar-refractivity contribution in [2.45, 2.75) is 37.8 Å². The maximum atomic E-state index is 14.4. The standard InChI is InChI=1S/C33H33Cl2N3O4S/c1-23-14-17-30(24(2)18-23)38(43(41,42)27-12-8-5-9-13-27)22-32(39)37(21-26-15-16-28(34)29(35)19-26)31(33(40)36-3)20-25-10-6-4-7-11-25/h4-19,31H,20-22H2,1-3H3,(H,36,40)/t31-/m0/s1. The Labute approximate surface area is 263 Å². The van der Waals surface area contributed by atoms with E-state index >= 15 is 0 Å². The molecular formula is C33H33Cl2N3O4S. The number of amides is 2. The third-order valence-corrected chi connectivity index (χ3v) is 9.60. The van der Waals surface area contributed by atoms with Crippen molar-refractivity contribution in [2.24, 2.45) is 0 Å². The summed E-state index contributed by atoms with van der Waals surface area (Å²) >= 11 is 12.4. The van der Waals surface area contributed by atoms with Gasteiger partial charge in [0.15, 0.2) is 0 Å². The fourth-order valence-corrected chi connectivity index (χ4v) is 6.69. The Kier molecular flexibility index (Phi) is 10.5. The van der Waals surface area contributed by atoms with E-state index in [1.165, 1.54) is 24.1 Å². The van der Waals surface area contributed by atoms with E-state index in [0.29, 0.717) is 26.9 Å². The number of carbonyl (C=O) groups is 2. The Morgan fingerprint density at radius 2 is 1.47 bits per heavy atom. The van der Waals surface area contributed by atoms with Gasteiger partial charge in [0, 0.05) is 20.0 Å². The van der Waals surface area contributed by atoms with Crippen LogP contribution in [0.5, 0.6) is 0 Å².